The molecule has 0 aliphatic heterocycles. The number of carbonyl (C=O) groups is 1. The number of rotatable bonds is 4. The van der Waals surface area contributed by atoms with E-state index in [0.717, 1.165) is 0 Å². The van der Waals surface area contributed by atoms with Crippen molar-refractivity contribution in [3.63, 3.8) is 0 Å². The first-order valence-electron chi connectivity index (χ1n) is 6.59. The van der Waals surface area contributed by atoms with E-state index in [1.54, 1.807) is 18.2 Å². The molecule has 0 bridgehead atoms. The summed E-state index contributed by atoms with van der Waals surface area (Å²) < 4.78 is 18.6. The molecule has 1 aromatic rings. The van der Waals surface area contributed by atoms with Gasteiger partial charge >= 0.3 is 5.97 Å². The van der Waals surface area contributed by atoms with Crippen molar-refractivity contribution in [3.05, 3.63) is 30.1 Å². The normalized spacial score (nSPS) is 25.8. The van der Waals surface area contributed by atoms with Gasteiger partial charge in [-0.2, -0.15) is 0 Å². The maximum Gasteiger partial charge on any atom is 0.331 e. The number of methoxy groups -OCH3 is 1. The first kappa shape index (κ1) is 13.8. The van der Waals surface area contributed by atoms with Gasteiger partial charge in [-0.3, -0.25) is 0 Å². The van der Waals surface area contributed by atoms with Crippen LogP contribution in [0.15, 0.2) is 24.3 Å². The van der Waals surface area contributed by atoms with Gasteiger partial charge in [0.2, 0.25) is 0 Å². The van der Waals surface area contributed by atoms with E-state index in [9.17, 15) is 9.18 Å². The van der Waals surface area contributed by atoms with E-state index in [0.29, 0.717) is 30.4 Å². The van der Waals surface area contributed by atoms with Gasteiger partial charge < -0.3 is 10.1 Å². The highest BCUT2D eigenvalue weighted by molar-refractivity contribution is 5.86. The number of ether oxygens (including phenoxy) is 1. The fourth-order valence-electron chi connectivity index (χ4n) is 2.64. The molecule has 2 rings (SSSR count). The lowest BCUT2D eigenvalue weighted by atomic mass is 9.64. The summed E-state index contributed by atoms with van der Waals surface area (Å²) in [5, 5.41) is 3.05. The highest BCUT2D eigenvalue weighted by Gasteiger charge is 2.52. The third kappa shape index (κ3) is 2.57. The van der Waals surface area contributed by atoms with Crippen molar-refractivity contribution in [3.8, 4) is 0 Å². The molecule has 1 aromatic carbocycles. The van der Waals surface area contributed by atoms with Crippen LogP contribution >= 0.6 is 0 Å². The van der Waals surface area contributed by atoms with Crippen molar-refractivity contribution < 1.29 is 13.9 Å². The molecule has 0 radical (unpaired) electrons. The lowest BCUT2D eigenvalue weighted by Crippen LogP contribution is -2.58. The van der Waals surface area contributed by atoms with Crippen LogP contribution in [-0.2, 0) is 9.53 Å². The Labute approximate surface area is 113 Å². The van der Waals surface area contributed by atoms with Crippen LogP contribution in [0.4, 0.5) is 10.1 Å². The molecule has 0 saturated heterocycles. The molecular weight excluding hydrogens is 245 g/mol. The van der Waals surface area contributed by atoms with Gasteiger partial charge in [-0.1, -0.05) is 26.0 Å². The Balaban J connectivity index is 2.18. The molecule has 1 aliphatic carbocycles. The van der Waals surface area contributed by atoms with Crippen molar-refractivity contribution in [1.82, 2.24) is 0 Å². The standard InChI is InChI=1S/C15H20FNO2/c1-10(2)11-8-15(9-11,14(18)19-3)17-13-7-5-4-6-12(13)16/h4-7,10-11,17H,8-9H2,1-3H3. The lowest BCUT2D eigenvalue weighted by molar-refractivity contribution is -0.151. The molecule has 0 heterocycles. The topological polar surface area (TPSA) is 38.3 Å². The maximum absolute atomic E-state index is 13.7. The smallest absolute Gasteiger partial charge is 0.331 e. The Morgan fingerprint density at radius 1 is 1.42 bits per heavy atom. The Morgan fingerprint density at radius 2 is 2.05 bits per heavy atom. The highest BCUT2D eigenvalue weighted by Crippen LogP contribution is 2.45. The van der Waals surface area contributed by atoms with Crippen LogP contribution in [0.25, 0.3) is 0 Å². The second-order valence-corrected chi connectivity index (χ2v) is 5.59. The Hall–Kier alpha value is -1.58. The molecule has 0 aromatic heterocycles. The largest absolute Gasteiger partial charge is 0.467 e. The van der Waals surface area contributed by atoms with E-state index < -0.39 is 5.54 Å². The number of hydrogen-bond donors (Lipinski definition) is 1. The van der Waals surface area contributed by atoms with Gasteiger partial charge in [0.05, 0.1) is 12.8 Å². The van der Waals surface area contributed by atoms with Gasteiger partial charge in [-0.05, 0) is 36.8 Å². The Bertz CT molecular complexity index is 467. The number of para-hydroxylation sites is 1. The number of carbonyl (C=O) groups excluding carboxylic acids is 1. The van der Waals surface area contributed by atoms with E-state index in [-0.39, 0.29) is 11.8 Å². The fourth-order valence-corrected chi connectivity index (χ4v) is 2.64. The zero-order valence-electron chi connectivity index (χ0n) is 11.6. The zero-order valence-corrected chi connectivity index (χ0v) is 11.6. The minimum Gasteiger partial charge on any atom is -0.467 e. The van der Waals surface area contributed by atoms with Crippen molar-refractivity contribution in [2.45, 2.75) is 32.2 Å². The fraction of sp³-hybridized carbons (Fsp3) is 0.533. The molecule has 104 valence electrons. The zero-order chi connectivity index (χ0) is 14.0. The van der Waals surface area contributed by atoms with Crippen molar-refractivity contribution in [2.75, 3.05) is 12.4 Å². The number of nitrogens with one attached hydrogen (secondary N) is 1. The minimum atomic E-state index is -0.772. The van der Waals surface area contributed by atoms with Gasteiger partial charge in [0.25, 0.3) is 0 Å². The molecule has 0 unspecified atom stereocenters. The number of anilines is 1. The molecule has 0 spiro atoms. The summed E-state index contributed by atoms with van der Waals surface area (Å²) in [6.07, 6.45) is 1.37. The minimum absolute atomic E-state index is 0.312. The predicted octanol–water partition coefficient (Wildman–Crippen LogP) is 3.22. The van der Waals surface area contributed by atoms with E-state index >= 15 is 0 Å². The summed E-state index contributed by atoms with van der Waals surface area (Å²) in [7, 11) is 1.37. The second kappa shape index (κ2) is 5.19. The van der Waals surface area contributed by atoms with Gasteiger partial charge in [0.15, 0.2) is 0 Å². The quantitative estimate of drug-likeness (QED) is 0.849. The molecule has 1 N–H and O–H groups in total. The van der Waals surface area contributed by atoms with Gasteiger partial charge in [-0.25, -0.2) is 9.18 Å². The molecule has 1 aliphatic rings. The van der Waals surface area contributed by atoms with Crippen LogP contribution in [-0.4, -0.2) is 18.6 Å². The first-order chi connectivity index (χ1) is 8.98. The van der Waals surface area contributed by atoms with Gasteiger partial charge in [-0.15, -0.1) is 0 Å². The SMILES string of the molecule is COC(=O)C1(Nc2ccccc2F)CC(C(C)C)C1. The van der Waals surface area contributed by atoms with Crippen LogP contribution in [0.5, 0.6) is 0 Å². The molecule has 0 atom stereocenters. The molecule has 19 heavy (non-hydrogen) atoms. The van der Waals surface area contributed by atoms with Crippen molar-refractivity contribution in [1.29, 1.82) is 0 Å². The van der Waals surface area contributed by atoms with E-state index in [1.807, 2.05) is 0 Å². The number of hydrogen-bond acceptors (Lipinski definition) is 3. The summed E-state index contributed by atoms with van der Waals surface area (Å²) in [6, 6.07) is 6.40. The van der Waals surface area contributed by atoms with Gasteiger partial charge in [0.1, 0.15) is 11.4 Å². The Kier molecular flexibility index (Phi) is 3.78. The van der Waals surface area contributed by atoms with Crippen LogP contribution in [0.1, 0.15) is 26.7 Å². The maximum atomic E-state index is 13.7. The first-order valence-corrected chi connectivity index (χ1v) is 6.59. The monoisotopic (exact) mass is 265 g/mol. The highest BCUT2D eigenvalue weighted by atomic mass is 19.1. The summed E-state index contributed by atoms with van der Waals surface area (Å²) in [4.78, 5) is 12.0. The van der Waals surface area contributed by atoms with Gasteiger partial charge in [0, 0.05) is 0 Å². The van der Waals surface area contributed by atoms with Crippen molar-refractivity contribution >= 4 is 11.7 Å². The van der Waals surface area contributed by atoms with E-state index in [4.69, 9.17) is 4.74 Å². The number of benzene rings is 1. The van der Waals surface area contributed by atoms with E-state index in [1.165, 1.54) is 13.2 Å². The molecule has 1 saturated carbocycles. The predicted molar refractivity (Wildman–Crippen MR) is 72.3 cm³/mol. The summed E-state index contributed by atoms with van der Waals surface area (Å²) >= 11 is 0. The summed E-state index contributed by atoms with van der Waals surface area (Å²) in [5.41, 5.74) is -0.415. The molecule has 3 nitrogen and oxygen atoms in total. The summed E-state index contributed by atoms with van der Waals surface area (Å²) in [6.45, 7) is 4.27. The average molecular weight is 265 g/mol. The van der Waals surface area contributed by atoms with Crippen molar-refractivity contribution in [2.24, 2.45) is 11.8 Å². The Morgan fingerprint density at radius 3 is 2.58 bits per heavy atom. The molecule has 0 amide bonds. The second-order valence-electron chi connectivity index (χ2n) is 5.59. The van der Waals surface area contributed by atoms with Crippen LogP contribution < -0.4 is 5.32 Å². The third-order valence-electron chi connectivity index (χ3n) is 3.99. The lowest BCUT2D eigenvalue weighted by Gasteiger charge is -2.48. The third-order valence-corrected chi connectivity index (χ3v) is 3.99. The molecular formula is C15H20FNO2. The van der Waals surface area contributed by atoms with Crippen LogP contribution in [0.3, 0.4) is 0 Å². The summed E-state index contributed by atoms with van der Waals surface area (Å²) in [5.74, 6) is 0.324. The van der Waals surface area contributed by atoms with E-state index in [2.05, 4.69) is 19.2 Å². The molecule has 4 heteroatoms. The van der Waals surface area contributed by atoms with Crippen LogP contribution in [0, 0.1) is 17.7 Å². The van der Waals surface area contributed by atoms with Crippen LogP contribution in [0.2, 0.25) is 0 Å². The molecule has 1 fully saturated rings. The average Bonchev–Trinajstić information content (AvgIpc) is 2.34. The number of halogens is 1. The number of esters is 1.